The number of amides is 1. The van der Waals surface area contributed by atoms with E-state index in [2.05, 4.69) is 35.1 Å². The van der Waals surface area contributed by atoms with Crippen molar-refractivity contribution in [3.63, 3.8) is 0 Å². The summed E-state index contributed by atoms with van der Waals surface area (Å²) in [6.07, 6.45) is 14.9. The zero-order valence-corrected chi connectivity index (χ0v) is 31.0. The lowest BCUT2D eigenvalue weighted by Crippen LogP contribution is -2.36. The van der Waals surface area contributed by atoms with Crippen LogP contribution >= 0.6 is 0 Å². The van der Waals surface area contributed by atoms with E-state index in [1.54, 1.807) is 14.2 Å². The lowest BCUT2D eigenvalue weighted by atomic mass is 9.74. The molecule has 11 nitrogen and oxygen atoms in total. The maximum atomic E-state index is 12.2. The predicted molar refractivity (Wildman–Crippen MR) is 196 cm³/mol. The van der Waals surface area contributed by atoms with Crippen LogP contribution in [0.2, 0.25) is 0 Å². The number of unbranched alkanes of at least 4 members (excludes halogenated alkanes) is 9. The number of methoxy groups -OCH3 is 2. The highest BCUT2D eigenvalue weighted by Gasteiger charge is 2.32. The first-order valence-corrected chi connectivity index (χ1v) is 18.3. The largest absolute Gasteiger partial charge is 0.493 e. The van der Waals surface area contributed by atoms with Gasteiger partial charge in [0.2, 0.25) is 0 Å². The lowest BCUT2D eigenvalue weighted by molar-refractivity contribution is -0.767. The molecule has 0 spiro atoms. The summed E-state index contributed by atoms with van der Waals surface area (Å²) in [5.74, 6) is 1.54. The highest BCUT2D eigenvalue weighted by molar-refractivity contribution is 5.77. The third-order valence-corrected chi connectivity index (χ3v) is 9.20. The van der Waals surface area contributed by atoms with Crippen molar-refractivity contribution in [2.75, 3.05) is 47.5 Å². The van der Waals surface area contributed by atoms with Gasteiger partial charge in [-0.25, -0.2) is 0 Å². The number of nitriles is 1. The number of hydrogen-bond acceptors (Lipinski definition) is 9. The van der Waals surface area contributed by atoms with Crippen molar-refractivity contribution >= 4 is 5.91 Å². The van der Waals surface area contributed by atoms with Crippen LogP contribution in [0.4, 0.5) is 0 Å². The number of carbonyl (C=O) groups is 1. The van der Waals surface area contributed by atoms with E-state index < -0.39 is 16.6 Å². The first-order chi connectivity index (χ1) is 24.2. The first-order valence-electron chi connectivity index (χ1n) is 18.3. The topological polar surface area (TPSA) is 136 Å². The smallest absolute Gasteiger partial charge is 0.294 e. The number of ether oxygens (including phenoxy) is 3. The van der Waals surface area contributed by atoms with Gasteiger partial charge in [0.15, 0.2) is 18.1 Å². The number of likely N-dealkylation sites (N-methyl/N-ethyl adjacent to an activating group) is 1. The van der Waals surface area contributed by atoms with Crippen LogP contribution in [0.1, 0.15) is 108 Å². The minimum Gasteiger partial charge on any atom is -0.493 e. The van der Waals surface area contributed by atoms with E-state index >= 15 is 0 Å². The molecule has 0 aliphatic rings. The van der Waals surface area contributed by atoms with Crippen LogP contribution in [-0.2, 0) is 21.5 Å². The Morgan fingerprint density at radius 2 is 1.56 bits per heavy atom. The standard InChI is InChI=1S/C39H60N4O7/c1-6-7-8-9-10-11-12-13-14-17-24-39(31-40,34-21-22-36(47-4)37(28-34)48-5)25-18-26-42(3)27-23-33-19-15-16-20-35(33)49-30-38(44)41-29-32(2)50-43(45)46/h15-16,19-22,28,32H,6-14,17-18,23-27,29-30H2,1-5H3,(H,41,44). The third-order valence-electron chi connectivity index (χ3n) is 9.20. The fourth-order valence-electron chi connectivity index (χ4n) is 6.20. The van der Waals surface area contributed by atoms with Crippen molar-refractivity contribution < 1.29 is 28.9 Å². The monoisotopic (exact) mass is 696 g/mol. The number of nitrogens with one attached hydrogen (secondary N) is 1. The molecule has 2 aromatic rings. The SMILES string of the molecule is CCCCCCCCCCCCC(C#N)(CCCN(C)CCc1ccccc1OCC(=O)NCC(C)O[N+](=O)[O-])c1ccc(OC)c(OC)c1. The molecule has 0 aliphatic heterocycles. The fraction of sp³-hybridized carbons (Fsp3) is 0.641. The second kappa shape index (κ2) is 24.2. The summed E-state index contributed by atoms with van der Waals surface area (Å²) in [6.45, 7) is 5.16. The number of carbonyl (C=O) groups excluding carboxylic acids is 1. The lowest BCUT2D eigenvalue weighted by Gasteiger charge is -2.29. The molecule has 278 valence electrons. The Kier molecular flexibility index (Phi) is 20.4. The number of hydrogen-bond donors (Lipinski definition) is 1. The van der Waals surface area contributed by atoms with Gasteiger partial charge in [-0.3, -0.25) is 4.79 Å². The van der Waals surface area contributed by atoms with Gasteiger partial charge in [-0.1, -0.05) is 95.4 Å². The molecule has 2 unspecified atom stereocenters. The molecule has 0 radical (unpaired) electrons. The van der Waals surface area contributed by atoms with E-state index in [-0.39, 0.29) is 19.1 Å². The van der Waals surface area contributed by atoms with Gasteiger partial charge in [0.25, 0.3) is 11.0 Å². The Morgan fingerprint density at radius 3 is 2.20 bits per heavy atom. The summed E-state index contributed by atoms with van der Waals surface area (Å²) >= 11 is 0. The normalized spacial score (nSPS) is 12.8. The fourth-order valence-corrected chi connectivity index (χ4v) is 6.20. The van der Waals surface area contributed by atoms with Crippen LogP contribution in [0.3, 0.4) is 0 Å². The average molecular weight is 697 g/mol. The van der Waals surface area contributed by atoms with Crippen molar-refractivity contribution in [3.8, 4) is 23.3 Å². The van der Waals surface area contributed by atoms with Crippen molar-refractivity contribution in [2.24, 2.45) is 0 Å². The number of benzene rings is 2. The van der Waals surface area contributed by atoms with Crippen LogP contribution in [0.15, 0.2) is 42.5 Å². The minimum absolute atomic E-state index is 0.00790. The highest BCUT2D eigenvalue weighted by Crippen LogP contribution is 2.39. The molecule has 50 heavy (non-hydrogen) atoms. The van der Waals surface area contributed by atoms with E-state index in [4.69, 9.17) is 14.2 Å². The van der Waals surface area contributed by atoms with Crippen molar-refractivity contribution in [1.29, 1.82) is 5.26 Å². The second-order valence-corrected chi connectivity index (χ2v) is 13.2. The van der Waals surface area contributed by atoms with E-state index in [1.807, 2.05) is 42.5 Å². The Labute approximate surface area is 299 Å². The summed E-state index contributed by atoms with van der Waals surface area (Å²) in [5, 5.41) is 22.8. The molecule has 2 rings (SSSR count). The molecular weight excluding hydrogens is 636 g/mol. The molecule has 0 saturated heterocycles. The molecule has 0 saturated carbocycles. The van der Waals surface area contributed by atoms with Gasteiger partial charge in [-0.2, -0.15) is 5.26 Å². The molecule has 1 amide bonds. The van der Waals surface area contributed by atoms with E-state index in [0.717, 1.165) is 62.7 Å². The summed E-state index contributed by atoms with van der Waals surface area (Å²) in [6, 6.07) is 16.2. The van der Waals surface area contributed by atoms with E-state index in [0.29, 0.717) is 17.2 Å². The molecule has 0 aliphatic carbocycles. The van der Waals surface area contributed by atoms with Crippen LogP contribution in [-0.4, -0.2) is 69.5 Å². The molecular formula is C39H60N4O7. The van der Waals surface area contributed by atoms with Gasteiger partial charge in [0.1, 0.15) is 11.9 Å². The Balaban J connectivity index is 1.94. The quantitative estimate of drug-likeness (QED) is 0.0536. The molecule has 2 aromatic carbocycles. The number of nitrogens with zero attached hydrogens (tertiary/aromatic N) is 3. The van der Waals surface area contributed by atoms with Crippen LogP contribution < -0.4 is 19.5 Å². The van der Waals surface area contributed by atoms with Gasteiger partial charge in [-0.05, 0) is 75.5 Å². The molecule has 11 heteroatoms. The summed E-state index contributed by atoms with van der Waals surface area (Å²) in [4.78, 5) is 29.4. The van der Waals surface area contributed by atoms with Gasteiger partial charge < -0.3 is 29.3 Å². The third kappa shape index (κ3) is 15.7. The van der Waals surface area contributed by atoms with Crippen molar-refractivity contribution in [2.45, 2.75) is 115 Å². The zero-order valence-electron chi connectivity index (χ0n) is 31.0. The Morgan fingerprint density at radius 1 is 0.920 bits per heavy atom. The predicted octanol–water partition coefficient (Wildman–Crippen LogP) is 7.82. The maximum Gasteiger partial charge on any atom is 0.294 e. The van der Waals surface area contributed by atoms with E-state index in [1.165, 1.54) is 58.3 Å². The Hall–Kier alpha value is -4.04. The minimum atomic E-state index is -0.877. The molecule has 1 N–H and O–H groups in total. The molecule has 0 heterocycles. The maximum absolute atomic E-state index is 12.2. The number of para-hydroxylation sites is 1. The molecule has 2 atom stereocenters. The Bertz CT molecular complexity index is 1320. The van der Waals surface area contributed by atoms with Crippen LogP contribution in [0.25, 0.3) is 0 Å². The number of rotatable bonds is 28. The van der Waals surface area contributed by atoms with Gasteiger partial charge in [0, 0.05) is 13.1 Å². The molecule has 0 aromatic heterocycles. The molecule has 0 fully saturated rings. The zero-order chi connectivity index (χ0) is 36.6. The van der Waals surface area contributed by atoms with Gasteiger partial charge >= 0.3 is 0 Å². The molecule has 0 bridgehead atoms. The average Bonchev–Trinajstić information content (AvgIpc) is 3.12. The second-order valence-electron chi connectivity index (χ2n) is 13.2. The summed E-state index contributed by atoms with van der Waals surface area (Å²) in [7, 11) is 5.33. The van der Waals surface area contributed by atoms with Crippen molar-refractivity contribution in [3.05, 3.63) is 63.7 Å². The summed E-state index contributed by atoms with van der Waals surface area (Å²) in [5.41, 5.74) is 1.34. The van der Waals surface area contributed by atoms with E-state index in [9.17, 15) is 20.2 Å². The van der Waals surface area contributed by atoms with Gasteiger partial charge in [-0.15, -0.1) is 10.1 Å². The highest BCUT2D eigenvalue weighted by atomic mass is 17.0. The summed E-state index contributed by atoms with van der Waals surface area (Å²) < 4.78 is 16.9. The van der Waals surface area contributed by atoms with Crippen LogP contribution in [0, 0.1) is 21.4 Å². The van der Waals surface area contributed by atoms with Crippen molar-refractivity contribution in [1.82, 2.24) is 10.2 Å². The first kappa shape index (κ1) is 42.1. The van der Waals surface area contributed by atoms with Gasteiger partial charge in [0.05, 0.1) is 25.7 Å². The van der Waals surface area contributed by atoms with Crippen LogP contribution in [0.5, 0.6) is 17.2 Å².